The van der Waals surface area contributed by atoms with Crippen molar-refractivity contribution < 1.29 is 13.6 Å². The van der Waals surface area contributed by atoms with Crippen LogP contribution in [-0.2, 0) is 13.6 Å². The number of rotatable bonds is 10. The van der Waals surface area contributed by atoms with Crippen molar-refractivity contribution in [3.8, 4) is 0 Å². The Labute approximate surface area is 187 Å². The Kier molecular flexibility index (Phi) is 9.49. The molecule has 0 aromatic heterocycles. The maximum absolute atomic E-state index is 11.4. The van der Waals surface area contributed by atoms with Gasteiger partial charge in [-0.2, -0.15) is 0 Å². The third-order valence-corrected chi connectivity index (χ3v) is 15.7. The summed E-state index contributed by atoms with van der Waals surface area (Å²) >= 11 is 0. The maximum atomic E-state index is 11.4. The lowest BCUT2D eigenvalue weighted by molar-refractivity contribution is -0.109. The van der Waals surface area contributed by atoms with Gasteiger partial charge in [-0.3, -0.25) is 0 Å². The first-order valence-corrected chi connectivity index (χ1v) is 16.9. The van der Waals surface area contributed by atoms with Crippen LogP contribution in [0.4, 0.5) is 0 Å². The van der Waals surface area contributed by atoms with E-state index < -0.39 is 16.6 Å². The second-order valence-electron chi connectivity index (χ2n) is 11.3. The van der Waals surface area contributed by atoms with Crippen molar-refractivity contribution in [3.63, 3.8) is 0 Å². The zero-order valence-electron chi connectivity index (χ0n) is 20.9. The molecule has 0 aliphatic heterocycles. The molecule has 5 heteroatoms. The molecule has 1 aromatic carbocycles. The minimum absolute atomic E-state index is 0.0826. The Balaban J connectivity index is 3.14. The van der Waals surface area contributed by atoms with Crippen molar-refractivity contribution in [2.45, 2.75) is 103 Å². The van der Waals surface area contributed by atoms with Crippen molar-refractivity contribution in [3.05, 3.63) is 42.0 Å². The van der Waals surface area contributed by atoms with E-state index in [2.05, 4.69) is 92.0 Å². The van der Waals surface area contributed by atoms with Crippen molar-refractivity contribution in [1.82, 2.24) is 0 Å². The molecule has 3 nitrogen and oxygen atoms in total. The first kappa shape index (κ1) is 27.0. The van der Waals surface area contributed by atoms with E-state index in [0.717, 1.165) is 11.8 Å². The van der Waals surface area contributed by atoms with E-state index in [1.165, 1.54) is 0 Å². The molecule has 0 heterocycles. The fraction of sp³-hybridized carbons (Fsp3) is 0.640. The van der Waals surface area contributed by atoms with Crippen molar-refractivity contribution in [1.29, 1.82) is 0 Å². The van der Waals surface area contributed by atoms with E-state index in [1.54, 1.807) is 0 Å². The smallest absolute Gasteiger partial charge is 0.192 e. The Hall–Kier alpha value is -1.02. The normalized spacial score (nSPS) is 15.9. The molecule has 0 bridgehead atoms. The van der Waals surface area contributed by atoms with E-state index >= 15 is 0 Å². The van der Waals surface area contributed by atoms with Gasteiger partial charge in [0.2, 0.25) is 0 Å². The van der Waals surface area contributed by atoms with Gasteiger partial charge in [0.25, 0.3) is 0 Å². The molecule has 1 aromatic rings. The highest BCUT2D eigenvalue weighted by Gasteiger charge is 2.41. The fourth-order valence-corrected chi connectivity index (χ4v) is 5.32. The monoisotopic (exact) mass is 448 g/mol. The highest BCUT2D eigenvalue weighted by atomic mass is 28.4. The first-order chi connectivity index (χ1) is 13.6. The molecule has 0 saturated heterocycles. The Morgan fingerprint density at radius 1 is 0.867 bits per heavy atom. The summed E-state index contributed by atoms with van der Waals surface area (Å²) in [6.45, 7) is 22.5. The number of aldehydes is 1. The third-order valence-electron chi connectivity index (χ3n) is 6.68. The van der Waals surface area contributed by atoms with Gasteiger partial charge in [0.05, 0.1) is 12.2 Å². The zero-order valence-corrected chi connectivity index (χ0v) is 22.9. The van der Waals surface area contributed by atoms with Crippen LogP contribution in [0.2, 0.25) is 36.3 Å². The van der Waals surface area contributed by atoms with Gasteiger partial charge in [0.1, 0.15) is 6.29 Å². The van der Waals surface area contributed by atoms with Gasteiger partial charge in [-0.05, 0) is 41.8 Å². The standard InChI is InChI=1S/C25H44O3Si2/c1-24(2,3)29(7,8)27-22(17-16-21-14-12-11-13-15-21)20-23(18-19-26)28-30(9,10)25(4,5)6/h11-17,19,22-23H,18,20H2,1-10H3/b17-16+/t22-,23+/m0/s1. The Morgan fingerprint density at radius 2 is 1.37 bits per heavy atom. The summed E-state index contributed by atoms with van der Waals surface area (Å²) < 4.78 is 13.4. The van der Waals surface area contributed by atoms with Crippen LogP contribution >= 0.6 is 0 Å². The van der Waals surface area contributed by atoms with Crippen LogP contribution in [0.5, 0.6) is 0 Å². The number of hydrogen-bond donors (Lipinski definition) is 0. The molecule has 0 radical (unpaired) electrons. The summed E-state index contributed by atoms with van der Waals surface area (Å²) in [5, 5.41) is 0.218. The Bertz CT molecular complexity index is 683. The quantitative estimate of drug-likeness (QED) is 0.275. The van der Waals surface area contributed by atoms with Crippen LogP contribution in [-0.4, -0.2) is 35.1 Å². The van der Waals surface area contributed by atoms with E-state index in [0.29, 0.717) is 12.8 Å². The molecule has 0 N–H and O–H groups in total. The van der Waals surface area contributed by atoms with Crippen molar-refractivity contribution >= 4 is 29.0 Å². The van der Waals surface area contributed by atoms with Crippen LogP contribution in [0.15, 0.2) is 36.4 Å². The van der Waals surface area contributed by atoms with Crippen LogP contribution in [0.1, 0.15) is 59.9 Å². The minimum Gasteiger partial charge on any atom is -0.413 e. The van der Waals surface area contributed by atoms with Gasteiger partial charge in [0.15, 0.2) is 16.6 Å². The second-order valence-corrected chi connectivity index (χ2v) is 20.8. The molecule has 0 amide bonds. The minimum atomic E-state index is -1.98. The van der Waals surface area contributed by atoms with Gasteiger partial charge in [-0.1, -0.05) is 84.0 Å². The van der Waals surface area contributed by atoms with E-state index in [1.807, 2.05) is 18.2 Å². The number of hydrogen-bond acceptors (Lipinski definition) is 3. The second kappa shape index (κ2) is 10.5. The van der Waals surface area contributed by atoms with Gasteiger partial charge < -0.3 is 13.6 Å². The summed E-state index contributed by atoms with van der Waals surface area (Å²) in [4.78, 5) is 11.4. The molecule has 0 aliphatic carbocycles. The average Bonchev–Trinajstić information content (AvgIpc) is 2.58. The summed E-state index contributed by atoms with van der Waals surface area (Å²) in [6.07, 6.45) is 6.16. The summed E-state index contributed by atoms with van der Waals surface area (Å²) in [7, 11) is -3.96. The summed E-state index contributed by atoms with van der Waals surface area (Å²) in [5.74, 6) is 0. The summed E-state index contributed by atoms with van der Waals surface area (Å²) in [5.41, 5.74) is 1.15. The molecule has 0 spiro atoms. The van der Waals surface area contributed by atoms with Crippen LogP contribution in [0.25, 0.3) is 6.08 Å². The van der Waals surface area contributed by atoms with E-state index in [4.69, 9.17) is 8.85 Å². The number of carbonyl (C=O) groups is 1. The lowest BCUT2D eigenvalue weighted by Crippen LogP contribution is -2.47. The molecule has 30 heavy (non-hydrogen) atoms. The summed E-state index contributed by atoms with van der Waals surface area (Å²) in [6, 6.07) is 10.3. The number of benzene rings is 1. The number of carbonyl (C=O) groups excluding carboxylic acids is 1. The first-order valence-electron chi connectivity index (χ1n) is 11.1. The zero-order chi connectivity index (χ0) is 23.2. The van der Waals surface area contributed by atoms with Crippen LogP contribution < -0.4 is 0 Å². The van der Waals surface area contributed by atoms with Crippen LogP contribution in [0, 0.1) is 0 Å². The lowest BCUT2D eigenvalue weighted by atomic mass is 10.1. The highest BCUT2D eigenvalue weighted by Crippen LogP contribution is 2.40. The Morgan fingerprint density at radius 3 is 1.83 bits per heavy atom. The maximum Gasteiger partial charge on any atom is 0.192 e. The van der Waals surface area contributed by atoms with Gasteiger partial charge in [-0.15, -0.1) is 0 Å². The fourth-order valence-electron chi connectivity index (χ4n) is 2.66. The molecule has 0 aliphatic rings. The van der Waals surface area contributed by atoms with Crippen molar-refractivity contribution in [2.24, 2.45) is 0 Å². The van der Waals surface area contributed by atoms with E-state index in [9.17, 15) is 4.79 Å². The molecular formula is C25H44O3Si2. The third kappa shape index (κ3) is 8.25. The highest BCUT2D eigenvalue weighted by molar-refractivity contribution is 6.74. The molecule has 0 fully saturated rings. The SMILES string of the molecule is CC(C)(C)[Si](C)(C)O[C@H](CC=O)C[C@H](/C=C/c1ccccc1)O[Si](C)(C)C(C)(C)C. The molecule has 2 atom stereocenters. The molecule has 170 valence electrons. The molecule has 0 unspecified atom stereocenters. The molecule has 1 rings (SSSR count). The molecule has 0 saturated carbocycles. The largest absolute Gasteiger partial charge is 0.413 e. The van der Waals surface area contributed by atoms with Gasteiger partial charge in [-0.25, -0.2) is 0 Å². The topological polar surface area (TPSA) is 35.5 Å². The van der Waals surface area contributed by atoms with Crippen LogP contribution in [0.3, 0.4) is 0 Å². The predicted molar refractivity (Wildman–Crippen MR) is 135 cm³/mol. The molecular weight excluding hydrogens is 404 g/mol. The van der Waals surface area contributed by atoms with Crippen molar-refractivity contribution in [2.75, 3.05) is 0 Å². The van der Waals surface area contributed by atoms with E-state index in [-0.39, 0.29) is 22.3 Å². The lowest BCUT2D eigenvalue weighted by Gasteiger charge is -2.42. The predicted octanol–water partition coefficient (Wildman–Crippen LogP) is 7.46. The van der Waals surface area contributed by atoms with Gasteiger partial charge >= 0.3 is 0 Å². The van der Waals surface area contributed by atoms with Gasteiger partial charge in [0, 0.05) is 12.8 Å². The average molecular weight is 449 g/mol.